The lowest BCUT2D eigenvalue weighted by atomic mass is 10.0. The van der Waals surface area contributed by atoms with E-state index in [0.29, 0.717) is 34.8 Å². The summed E-state index contributed by atoms with van der Waals surface area (Å²) < 4.78 is 19.9. The smallest absolute Gasteiger partial charge is 0.181 e. The van der Waals surface area contributed by atoms with Crippen molar-refractivity contribution in [2.45, 2.75) is 13.1 Å². The van der Waals surface area contributed by atoms with Crippen LogP contribution in [0.2, 0.25) is 0 Å². The summed E-state index contributed by atoms with van der Waals surface area (Å²) in [5.41, 5.74) is 8.10. The molecule has 1 saturated heterocycles. The van der Waals surface area contributed by atoms with Crippen molar-refractivity contribution < 1.29 is 9.13 Å². The molecule has 1 aliphatic rings. The quantitative estimate of drug-likeness (QED) is 0.269. The van der Waals surface area contributed by atoms with E-state index >= 15 is 0 Å². The molecule has 0 unspecified atom stereocenters. The summed E-state index contributed by atoms with van der Waals surface area (Å²) in [7, 11) is 1.83. The summed E-state index contributed by atoms with van der Waals surface area (Å²) in [4.78, 5) is 24.1. The van der Waals surface area contributed by atoms with Crippen LogP contribution >= 0.6 is 0 Å². The lowest BCUT2D eigenvalue weighted by Gasteiger charge is -2.26. The monoisotopic (exact) mass is 549 g/mol. The van der Waals surface area contributed by atoms with Crippen LogP contribution in [0.4, 0.5) is 4.39 Å². The molecule has 7 rings (SSSR count). The predicted octanol–water partition coefficient (Wildman–Crippen LogP) is 4.32. The number of aromatic nitrogens is 7. The van der Waals surface area contributed by atoms with E-state index in [-0.39, 0.29) is 5.82 Å². The van der Waals surface area contributed by atoms with Crippen molar-refractivity contribution in [1.29, 1.82) is 0 Å². The highest BCUT2D eigenvalue weighted by Crippen LogP contribution is 2.32. The molecule has 0 spiro atoms. The third-order valence-electron chi connectivity index (χ3n) is 7.33. The molecular formula is C30H28FN9O. The number of nitrogens with zero attached hydrogens (tertiary/aromatic N) is 6. The molecule has 10 nitrogen and oxygen atoms in total. The summed E-state index contributed by atoms with van der Waals surface area (Å²) in [5.74, 6) is 0.295. The minimum absolute atomic E-state index is 0.304. The molecule has 1 aliphatic heterocycles. The maximum absolute atomic E-state index is 14.5. The van der Waals surface area contributed by atoms with Crippen LogP contribution in [0.15, 0.2) is 61.3 Å². The van der Waals surface area contributed by atoms with Crippen LogP contribution in [-0.2, 0) is 17.8 Å². The third kappa shape index (κ3) is 5.06. The molecule has 0 amide bonds. The van der Waals surface area contributed by atoms with Crippen molar-refractivity contribution in [3.05, 3.63) is 78.3 Å². The normalized spacial score (nSPS) is 14.3. The van der Waals surface area contributed by atoms with Crippen molar-refractivity contribution in [3.8, 4) is 33.8 Å². The van der Waals surface area contributed by atoms with Gasteiger partial charge in [-0.1, -0.05) is 0 Å². The molecule has 0 aliphatic carbocycles. The molecule has 41 heavy (non-hydrogen) atoms. The molecule has 206 valence electrons. The van der Waals surface area contributed by atoms with Crippen LogP contribution in [0.25, 0.3) is 55.8 Å². The number of halogens is 1. The fraction of sp³-hybridized carbons (Fsp3) is 0.233. The average molecular weight is 550 g/mol. The highest BCUT2D eigenvalue weighted by molar-refractivity contribution is 5.96. The highest BCUT2D eigenvalue weighted by atomic mass is 19.1. The van der Waals surface area contributed by atoms with E-state index in [0.717, 1.165) is 71.6 Å². The number of rotatable bonds is 7. The second-order valence-corrected chi connectivity index (χ2v) is 10.2. The average Bonchev–Trinajstić information content (AvgIpc) is 3.61. The van der Waals surface area contributed by atoms with E-state index in [9.17, 15) is 4.39 Å². The number of pyridine rings is 3. The number of benzene rings is 1. The zero-order valence-electron chi connectivity index (χ0n) is 22.5. The van der Waals surface area contributed by atoms with Gasteiger partial charge in [0.2, 0.25) is 0 Å². The van der Waals surface area contributed by atoms with E-state index < -0.39 is 0 Å². The first-order chi connectivity index (χ1) is 20.1. The van der Waals surface area contributed by atoms with Gasteiger partial charge < -0.3 is 15.0 Å². The first-order valence-electron chi connectivity index (χ1n) is 13.5. The first-order valence-corrected chi connectivity index (χ1v) is 13.5. The van der Waals surface area contributed by atoms with Gasteiger partial charge in [0.25, 0.3) is 0 Å². The number of ether oxygens (including phenoxy) is 1. The fourth-order valence-corrected chi connectivity index (χ4v) is 5.36. The van der Waals surface area contributed by atoms with E-state index in [2.05, 4.69) is 52.5 Å². The van der Waals surface area contributed by atoms with Gasteiger partial charge >= 0.3 is 0 Å². The Morgan fingerprint density at radius 1 is 0.927 bits per heavy atom. The lowest BCUT2D eigenvalue weighted by Crippen LogP contribution is -2.35. The SMILES string of the molecule is CNCc1cc(F)cc(-c2cncc3[nH]c(-c4[nH]nc5ncc(-c6cncc(CN7CCOCC7)c6)cc45)nc23)c1. The Kier molecular flexibility index (Phi) is 6.67. The van der Waals surface area contributed by atoms with E-state index in [4.69, 9.17) is 9.72 Å². The second kappa shape index (κ2) is 10.8. The molecule has 6 aromatic rings. The van der Waals surface area contributed by atoms with Gasteiger partial charge in [0.1, 0.15) is 11.5 Å². The Morgan fingerprint density at radius 3 is 2.63 bits per heavy atom. The van der Waals surface area contributed by atoms with E-state index in [1.54, 1.807) is 12.4 Å². The number of hydrogen-bond donors (Lipinski definition) is 3. The Hall–Kier alpha value is -4.58. The molecule has 0 saturated carbocycles. The lowest BCUT2D eigenvalue weighted by molar-refractivity contribution is 0.0341. The number of morpholine rings is 1. The summed E-state index contributed by atoms with van der Waals surface area (Å²) in [5, 5.41) is 11.4. The summed E-state index contributed by atoms with van der Waals surface area (Å²) in [6.07, 6.45) is 9.01. The van der Waals surface area contributed by atoms with Crippen LogP contribution in [0.3, 0.4) is 0 Å². The van der Waals surface area contributed by atoms with Gasteiger partial charge in [0, 0.05) is 67.7 Å². The van der Waals surface area contributed by atoms with Crippen molar-refractivity contribution in [1.82, 2.24) is 45.3 Å². The Morgan fingerprint density at radius 2 is 1.76 bits per heavy atom. The Labute approximate surface area is 235 Å². The second-order valence-electron chi connectivity index (χ2n) is 10.2. The summed E-state index contributed by atoms with van der Waals surface area (Å²) >= 11 is 0. The van der Waals surface area contributed by atoms with Gasteiger partial charge in [0.05, 0.1) is 35.8 Å². The van der Waals surface area contributed by atoms with Gasteiger partial charge in [-0.25, -0.2) is 14.4 Å². The first kappa shape index (κ1) is 25.4. The van der Waals surface area contributed by atoms with Gasteiger partial charge in [0.15, 0.2) is 11.5 Å². The zero-order chi connectivity index (χ0) is 27.8. The standard InChI is InChI=1S/C30H28FN9O/c1-32-11-18-6-20(9-23(31)8-18)25-15-34-16-26-27(25)37-30(36-26)28-24-10-22(14-35-29(24)39-38-28)21-7-19(12-33-13-21)17-40-2-4-41-5-3-40/h6-10,12-16,32H,2-5,11,17H2,1H3,(H,36,37)(H,35,38,39). The molecule has 1 fully saturated rings. The van der Waals surface area contributed by atoms with Crippen molar-refractivity contribution in [2.24, 2.45) is 0 Å². The van der Waals surface area contributed by atoms with Crippen molar-refractivity contribution >= 4 is 22.1 Å². The van der Waals surface area contributed by atoms with E-state index in [1.807, 2.05) is 31.7 Å². The molecule has 3 N–H and O–H groups in total. The predicted molar refractivity (Wildman–Crippen MR) is 154 cm³/mol. The van der Waals surface area contributed by atoms with Gasteiger partial charge in [-0.2, -0.15) is 5.10 Å². The van der Waals surface area contributed by atoms with Crippen molar-refractivity contribution in [2.75, 3.05) is 33.4 Å². The van der Waals surface area contributed by atoms with Crippen LogP contribution < -0.4 is 5.32 Å². The summed E-state index contributed by atoms with van der Waals surface area (Å²) in [6, 6.07) is 9.20. The van der Waals surface area contributed by atoms with Crippen LogP contribution in [-0.4, -0.2) is 73.4 Å². The Balaban J connectivity index is 1.25. The molecule has 0 radical (unpaired) electrons. The van der Waals surface area contributed by atoms with Gasteiger partial charge in [-0.15, -0.1) is 0 Å². The number of aromatic amines is 2. The molecule has 0 atom stereocenters. The van der Waals surface area contributed by atoms with Gasteiger partial charge in [-0.05, 0) is 54.1 Å². The fourth-order valence-electron chi connectivity index (χ4n) is 5.36. The minimum atomic E-state index is -0.304. The van der Waals surface area contributed by atoms with Crippen LogP contribution in [0.1, 0.15) is 11.1 Å². The maximum atomic E-state index is 14.5. The van der Waals surface area contributed by atoms with Crippen LogP contribution in [0, 0.1) is 5.82 Å². The molecule has 11 heteroatoms. The largest absolute Gasteiger partial charge is 0.379 e. The number of H-pyrrole nitrogens is 2. The number of imidazole rings is 1. The zero-order valence-corrected chi connectivity index (χ0v) is 22.5. The number of nitrogens with one attached hydrogen (secondary N) is 3. The maximum Gasteiger partial charge on any atom is 0.181 e. The van der Waals surface area contributed by atoms with E-state index in [1.165, 1.54) is 12.1 Å². The number of fused-ring (bicyclic) bond motifs is 2. The topological polar surface area (TPSA) is 121 Å². The van der Waals surface area contributed by atoms with Crippen LogP contribution in [0.5, 0.6) is 0 Å². The molecule has 5 aromatic heterocycles. The third-order valence-corrected chi connectivity index (χ3v) is 7.33. The number of hydrogen-bond acceptors (Lipinski definition) is 8. The van der Waals surface area contributed by atoms with Gasteiger partial charge in [-0.3, -0.25) is 20.0 Å². The molecule has 6 heterocycles. The minimum Gasteiger partial charge on any atom is -0.379 e. The molecule has 1 aromatic carbocycles. The summed E-state index contributed by atoms with van der Waals surface area (Å²) in [6.45, 7) is 4.74. The Bertz CT molecular complexity index is 1860. The molecule has 0 bridgehead atoms. The van der Waals surface area contributed by atoms with Crippen molar-refractivity contribution in [3.63, 3.8) is 0 Å². The molecular weight excluding hydrogens is 521 g/mol. The highest BCUT2D eigenvalue weighted by Gasteiger charge is 2.18.